The van der Waals surface area contributed by atoms with Gasteiger partial charge in [0.25, 0.3) is 0 Å². The summed E-state index contributed by atoms with van der Waals surface area (Å²) in [5.74, 6) is 0. The van der Waals surface area contributed by atoms with E-state index in [1.54, 1.807) is 0 Å². The third-order valence-electron chi connectivity index (χ3n) is 2.52. The molecule has 2 aromatic carbocycles. The minimum absolute atomic E-state index is 0.582. The summed E-state index contributed by atoms with van der Waals surface area (Å²) in [6.45, 7) is 2.73. The van der Waals surface area contributed by atoms with Crippen molar-refractivity contribution in [3.63, 3.8) is 0 Å². The Labute approximate surface area is 89.6 Å². The van der Waals surface area contributed by atoms with Crippen LogP contribution in [0.2, 0.25) is 0 Å². The largest absolute Gasteiger partial charge is 0.374 e. The van der Waals surface area contributed by atoms with E-state index in [0.29, 0.717) is 0 Å². The molecule has 78 valence electrons. The second-order valence-electron chi connectivity index (χ2n) is 3.53. The van der Waals surface area contributed by atoms with Crippen molar-refractivity contribution in [2.45, 2.75) is 13.2 Å². The lowest BCUT2D eigenvalue weighted by atomic mass is 10.0. The number of benzene rings is 2. The Morgan fingerprint density at radius 1 is 1.13 bits per heavy atom. The molecule has 0 spiro atoms. The fourth-order valence-electron chi connectivity index (χ4n) is 1.79. The number of rotatable bonds is 3. The van der Waals surface area contributed by atoms with Gasteiger partial charge >= 0.3 is 0 Å². The van der Waals surface area contributed by atoms with Crippen molar-refractivity contribution in [1.82, 2.24) is 5.32 Å². The van der Waals surface area contributed by atoms with Crippen LogP contribution in [0.3, 0.4) is 0 Å². The van der Waals surface area contributed by atoms with Gasteiger partial charge in [-0.2, -0.15) is 0 Å². The molecule has 1 atom stereocenters. The van der Waals surface area contributed by atoms with Crippen molar-refractivity contribution in [1.29, 1.82) is 0 Å². The van der Waals surface area contributed by atoms with Crippen LogP contribution < -0.4 is 5.32 Å². The summed E-state index contributed by atoms with van der Waals surface area (Å²) in [5, 5.41) is 15.2. The maximum Gasteiger partial charge on any atom is 0.131 e. The number of aliphatic hydroxyl groups is 1. The van der Waals surface area contributed by atoms with Crippen molar-refractivity contribution in [2.24, 2.45) is 0 Å². The lowest BCUT2D eigenvalue weighted by Gasteiger charge is -2.14. The van der Waals surface area contributed by atoms with Gasteiger partial charge in [0, 0.05) is 5.56 Å². The van der Waals surface area contributed by atoms with Crippen LogP contribution in [0.1, 0.15) is 18.7 Å². The first-order valence-electron chi connectivity index (χ1n) is 5.22. The second-order valence-corrected chi connectivity index (χ2v) is 3.53. The number of nitrogens with one attached hydrogen (secondary N) is 1. The molecular formula is C13H15NO. The minimum Gasteiger partial charge on any atom is -0.374 e. The second kappa shape index (κ2) is 4.43. The van der Waals surface area contributed by atoms with Crippen LogP contribution in [-0.4, -0.2) is 11.7 Å². The molecule has 2 N–H and O–H groups in total. The smallest absolute Gasteiger partial charge is 0.131 e. The molecule has 0 aliphatic carbocycles. The summed E-state index contributed by atoms with van der Waals surface area (Å²) < 4.78 is 0. The summed E-state index contributed by atoms with van der Waals surface area (Å²) in [4.78, 5) is 0. The van der Waals surface area contributed by atoms with Crippen LogP contribution in [-0.2, 0) is 0 Å². The summed E-state index contributed by atoms with van der Waals surface area (Å²) in [6, 6.07) is 14.1. The maximum atomic E-state index is 9.91. The average Bonchev–Trinajstić information content (AvgIpc) is 2.28. The van der Waals surface area contributed by atoms with E-state index in [9.17, 15) is 5.11 Å². The molecule has 2 rings (SSSR count). The summed E-state index contributed by atoms with van der Waals surface area (Å²) in [7, 11) is 0. The van der Waals surface area contributed by atoms with Crippen molar-refractivity contribution < 1.29 is 5.11 Å². The Balaban J connectivity index is 2.50. The van der Waals surface area contributed by atoms with E-state index in [1.807, 2.05) is 37.3 Å². The molecule has 15 heavy (non-hydrogen) atoms. The van der Waals surface area contributed by atoms with Crippen molar-refractivity contribution in [3.05, 3.63) is 48.0 Å². The highest BCUT2D eigenvalue weighted by molar-refractivity contribution is 5.85. The van der Waals surface area contributed by atoms with Crippen LogP contribution in [0.5, 0.6) is 0 Å². The molecule has 0 saturated heterocycles. The molecule has 0 aromatic heterocycles. The Morgan fingerprint density at radius 2 is 1.87 bits per heavy atom. The third kappa shape index (κ3) is 2.01. The van der Waals surface area contributed by atoms with Crippen molar-refractivity contribution in [3.8, 4) is 0 Å². The molecule has 0 fully saturated rings. The molecule has 0 radical (unpaired) electrons. The Kier molecular flexibility index (Phi) is 2.99. The highest BCUT2D eigenvalue weighted by atomic mass is 16.3. The maximum absolute atomic E-state index is 9.91. The van der Waals surface area contributed by atoms with E-state index in [1.165, 1.54) is 0 Å². The van der Waals surface area contributed by atoms with Gasteiger partial charge in [0.05, 0.1) is 0 Å². The predicted molar refractivity (Wildman–Crippen MR) is 62.6 cm³/mol. The van der Waals surface area contributed by atoms with Gasteiger partial charge in [-0.3, -0.25) is 5.32 Å². The monoisotopic (exact) mass is 201 g/mol. The topological polar surface area (TPSA) is 32.3 Å². The molecule has 0 aliphatic rings. The molecule has 0 bridgehead atoms. The van der Waals surface area contributed by atoms with Crippen LogP contribution >= 0.6 is 0 Å². The van der Waals surface area contributed by atoms with Crippen LogP contribution in [0.4, 0.5) is 0 Å². The predicted octanol–water partition coefficient (Wildman–Crippen LogP) is 2.44. The molecule has 2 heteroatoms. The Bertz CT molecular complexity index is 448. The number of aliphatic hydroxyl groups excluding tert-OH is 1. The van der Waals surface area contributed by atoms with Crippen LogP contribution in [0, 0.1) is 0 Å². The molecule has 0 heterocycles. The minimum atomic E-state index is -0.582. The van der Waals surface area contributed by atoms with Gasteiger partial charge in [-0.1, -0.05) is 49.4 Å². The highest BCUT2D eigenvalue weighted by Crippen LogP contribution is 2.22. The summed E-state index contributed by atoms with van der Waals surface area (Å²) in [6.07, 6.45) is -0.582. The first-order valence-corrected chi connectivity index (χ1v) is 5.22. The zero-order chi connectivity index (χ0) is 10.7. The number of hydrogen-bond donors (Lipinski definition) is 2. The van der Waals surface area contributed by atoms with Gasteiger partial charge in [0.2, 0.25) is 0 Å². The Morgan fingerprint density at radius 3 is 2.67 bits per heavy atom. The molecule has 0 amide bonds. The van der Waals surface area contributed by atoms with Crippen molar-refractivity contribution in [2.75, 3.05) is 6.54 Å². The van der Waals surface area contributed by atoms with Gasteiger partial charge in [0.15, 0.2) is 0 Å². The SMILES string of the molecule is CCNC(O)c1cccc2ccccc12. The number of hydrogen-bond acceptors (Lipinski definition) is 2. The van der Waals surface area contributed by atoms with E-state index in [2.05, 4.69) is 17.4 Å². The fraction of sp³-hybridized carbons (Fsp3) is 0.231. The van der Waals surface area contributed by atoms with Gasteiger partial charge in [-0.15, -0.1) is 0 Å². The standard InChI is InChI=1S/C13H15NO/c1-2-14-13(15)12-9-5-7-10-6-3-4-8-11(10)12/h3-9,13-15H,2H2,1H3. The highest BCUT2D eigenvalue weighted by Gasteiger charge is 2.08. The van der Waals surface area contributed by atoms with Gasteiger partial charge in [-0.05, 0) is 17.3 Å². The van der Waals surface area contributed by atoms with Crippen LogP contribution in [0.25, 0.3) is 10.8 Å². The molecular weight excluding hydrogens is 186 g/mol. The fourth-order valence-corrected chi connectivity index (χ4v) is 1.79. The first-order chi connectivity index (χ1) is 7.33. The zero-order valence-electron chi connectivity index (χ0n) is 8.77. The number of fused-ring (bicyclic) bond motifs is 1. The Hall–Kier alpha value is -1.38. The lowest BCUT2D eigenvalue weighted by molar-refractivity contribution is 0.143. The normalized spacial score (nSPS) is 12.9. The first kappa shape index (κ1) is 10.1. The van der Waals surface area contributed by atoms with Gasteiger partial charge < -0.3 is 5.11 Å². The summed E-state index contributed by atoms with van der Waals surface area (Å²) in [5.41, 5.74) is 0.940. The van der Waals surface area contributed by atoms with E-state index in [0.717, 1.165) is 22.9 Å². The van der Waals surface area contributed by atoms with E-state index in [4.69, 9.17) is 0 Å². The lowest BCUT2D eigenvalue weighted by Crippen LogP contribution is -2.20. The molecule has 2 nitrogen and oxygen atoms in total. The van der Waals surface area contributed by atoms with Crippen LogP contribution in [0.15, 0.2) is 42.5 Å². The molecule has 2 aromatic rings. The molecule has 1 unspecified atom stereocenters. The van der Waals surface area contributed by atoms with Gasteiger partial charge in [-0.25, -0.2) is 0 Å². The van der Waals surface area contributed by atoms with E-state index < -0.39 is 6.23 Å². The van der Waals surface area contributed by atoms with E-state index in [-0.39, 0.29) is 0 Å². The summed E-state index contributed by atoms with van der Waals surface area (Å²) >= 11 is 0. The molecule has 0 saturated carbocycles. The average molecular weight is 201 g/mol. The molecule has 0 aliphatic heterocycles. The zero-order valence-corrected chi connectivity index (χ0v) is 8.77. The van der Waals surface area contributed by atoms with Crippen molar-refractivity contribution >= 4 is 10.8 Å². The van der Waals surface area contributed by atoms with E-state index >= 15 is 0 Å². The van der Waals surface area contributed by atoms with Gasteiger partial charge in [0.1, 0.15) is 6.23 Å². The third-order valence-corrected chi connectivity index (χ3v) is 2.52. The quantitative estimate of drug-likeness (QED) is 0.747.